The van der Waals surface area contributed by atoms with Gasteiger partial charge in [-0.25, -0.2) is 9.18 Å². The molecule has 0 spiro atoms. The fourth-order valence-electron chi connectivity index (χ4n) is 5.50. The zero-order valence-corrected chi connectivity index (χ0v) is 22.3. The lowest BCUT2D eigenvalue weighted by Gasteiger charge is -2.47. The number of likely N-dealkylation sites (N-methyl/N-ethyl adjacent to an activating group) is 1. The second-order valence-corrected chi connectivity index (χ2v) is 10.8. The minimum atomic E-state index is -0.514. The summed E-state index contributed by atoms with van der Waals surface area (Å²) in [6.07, 6.45) is 11.5. The van der Waals surface area contributed by atoms with Crippen molar-refractivity contribution >= 4 is 23.3 Å². The van der Waals surface area contributed by atoms with E-state index in [4.69, 9.17) is 11.6 Å². The molecular formula is C26H44ClFN6O. The maximum Gasteiger partial charge on any atom is 0.321 e. The SMILES string of the molecule is CC1NC(NC(=O)Nc2ccc(F)c(Cl)c2)NC(NCCN(C)C)C1C1CCCCCCCCC1. The van der Waals surface area contributed by atoms with Crippen molar-refractivity contribution in [2.24, 2.45) is 11.8 Å². The van der Waals surface area contributed by atoms with Crippen LogP contribution in [0.1, 0.15) is 64.7 Å². The van der Waals surface area contributed by atoms with Crippen LogP contribution in [0, 0.1) is 17.7 Å². The molecule has 4 atom stereocenters. The number of benzene rings is 1. The molecule has 35 heavy (non-hydrogen) atoms. The molecule has 0 aromatic heterocycles. The van der Waals surface area contributed by atoms with Gasteiger partial charge in [0.1, 0.15) is 12.1 Å². The second kappa shape index (κ2) is 14.3. The Morgan fingerprint density at radius 3 is 2.37 bits per heavy atom. The average Bonchev–Trinajstić information content (AvgIpc) is 2.79. The van der Waals surface area contributed by atoms with E-state index in [1.165, 1.54) is 76.0 Å². The van der Waals surface area contributed by atoms with Crippen LogP contribution in [-0.2, 0) is 0 Å². The molecule has 198 valence electrons. The number of hydrogen-bond donors (Lipinski definition) is 5. The van der Waals surface area contributed by atoms with Gasteiger partial charge in [0, 0.05) is 30.7 Å². The van der Waals surface area contributed by atoms with Gasteiger partial charge in [-0.2, -0.15) is 0 Å². The van der Waals surface area contributed by atoms with Gasteiger partial charge in [0.05, 0.1) is 11.2 Å². The van der Waals surface area contributed by atoms with E-state index in [1.54, 1.807) is 0 Å². The molecule has 9 heteroatoms. The van der Waals surface area contributed by atoms with Crippen LogP contribution >= 0.6 is 11.6 Å². The first-order chi connectivity index (χ1) is 16.8. The number of halogens is 2. The van der Waals surface area contributed by atoms with Crippen molar-refractivity contribution in [2.45, 2.75) is 83.2 Å². The van der Waals surface area contributed by atoms with Gasteiger partial charge >= 0.3 is 6.03 Å². The highest BCUT2D eigenvalue weighted by Gasteiger charge is 2.39. The van der Waals surface area contributed by atoms with E-state index in [0.717, 1.165) is 13.1 Å². The Bertz CT molecular complexity index is 787. The molecule has 1 aromatic rings. The third-order valence-electron chi connectivity index (χ3n) is 7.31. The quantitative estimate of drug-likeness (QED) is 0.367. The van der Waals surface area contributed by atoms with Crippen LogP contribution in [0.2, 0.25) is 5.02 Å². The van der Waals surface area contributed by atoms with E-state index in [1.807, 2.05) is 0 Å². The molecule has 4 unspecified atom stereocenters. The predicted octanol–water partition coefficient (Wildman–Crippen LogP) is 4.70. The smallest absolute Gasteiger partial charge is 0.310 e. The summed E-state index contributed by atoms with van der Waals surface area (Å²) in [4.78, 5) is 14.8. The van der Waals surface area contributed by atoms with Crippen molar-refractivity contribution in [3.05, 3.63) is 29.0 Å². The lowest BCUT2D eigenvalue weighted by molar-refractivity contribution is 0.0766. The summed E-state index contributed by atoms with van der Waals surface area (Å²) >= 11 is 5.85. The summed E-state index contributed by atoms with van der Waals surface area (Å²) in [5, 5.41) is 16.6. The van der Waals surface area contributed by atoms with Crippen molar-refractivity contribution in [3.8, 4) is 0 Å². The minimum Gasteiger partial charge on any atom is -0.310 e. The van der Waals surface area contributed by atoms with Crippen molar-refractivity contribution in [1.82, 2.24) is 26.2 Å². The highest BCUT2D eigenvalue weighted by molar-refractivity contribution is 6.31. The van der Waals surface area contributed by atoms with Gasteiger partial charge < -0.3 is 20.9 Å². The fraction of sp³-hybridized carbons (Fsp3) is 0.731. The number of urea groups is 1. The predicted molar refractivity (Wildman–Crippen MR) is 142 cm³/mol. The topological polar surface area (TPSA) is 80.5 Å². The molecule has 7 nitrogen and oxygen atoms in total. The molecule has 1 aliphatic carbocycles. The molecular weight excluding hydrogens is 467 g/mol. The molecule has 2 aliphatic rings. The molecule has 1 saturated carbocycles. The van der Waals surface area contributed by atoms with Crippen molar-refractivity contribution in [2.75, 3.05) is 32.5 Å². The van der Waals surface area contributed by atoms with E-state index in [2.05, 4.69) is 52.5 Å². The van der Waals surface area contributed by atoms with E-state index >= 15 is 0 Å². The maximum atomic E-state index is 13.4. The third-order valence-corrected chi connectivity index (χ3v) is 7.60. The van der Waals surface area contributed by atoms with E-state index in [0.29, 0.717) is 17.5 Å². The maximum absolute atomic E-state index is 13.4. The van der Waals surface area contributed by atoms with Gasteiger partial charge in [0.15, 0.2) is 0 Å². The zero-order chi connectivity index (χ0) is 25.2. The van der Waals surface area contributed by atoms with Crippen molar-refractivity contribution < 1.29 is 9.18 Å². The first-order valence-corrected chi connectivity index (χ1v) is 13.6. The Hall–Kier alpha value is -1.45. The standard InChI is InChI=1S/C26H44ClFN6O/c1-18-23(19-11-9-7-5-4-6-8-10-12-19)24(29-15-16-34(2)3)32-25(30-18)33-26(35)31-20-13-14-22(28)21(27)17-20/h13-14,17-19,23-25,29-30,32H,4-12,15-16H2,1-3H3,(H2,31,33,35). The van der Waals surface area contributed by atoms with Crippen LogP contribution in [0.5, 0.6) is 0 Å². The average molecular weight is 511 g/mol. The molecule has 1 saturated heterocycles. The largest absolute Gasteiger partial charge is 0.321 e. The number of carbonyl (C=O) groups is 1. The Morgan fingerprint density at radius 1 is 1.09 bits per heavy atom. The molecule has 1 heterocycles. The first kappa shape index (κ1) is 28.1. The Labute approximate surface area is 215 Å². The number of anilines is 1. The lowest BCUT2D eigenvalue weighted by Crippen LogP contribution is -2.72. The van der Waals surface area contributed by atoms with Crippen LogP contribution in [0.25, 0.3) is 0 Å². The number of nitrogens with zero attached hydrogens (tertiary/aromatic N) is 1. The summed E-state index contributed by atoms with van der Waals surface area (Å²) in [6.45, 7) is 4.05. The number of hydrogen-bond acceptors (Lipinski definition) is 5. The van der Waals surface area contributed by atoms with Gasteiger partial charge in [0.25, 0.3) is 0 Å². The number of amides is 2. The number of carbonyl (C=O) groups excluding carboxylic acids is 1. The van der Waals surface area contributed by atoms with Gasteiger partial charge in [-0.3, -0.25) is 10.6 Å². The van der Waals surface area contributed by atoms with Crippen molar-refractivity contribution in [3.63, 3.8) is 0 Å². The summed E-state index contributed by atoms with van der Waals surface area (Å²) < 4.78 is 13.4. The lowest BCUT2D eigenvalue weighted by atomic mass is 9.76. The number of rotatable bonds is 7. The Balaban J connectivity index is 1.65. The van der Waals surface area contributed by atoms with Crippen LogP contribution < -0.4 is 26.6 Å². The molecule has 2 fully saturated rings. The summed E-state index contributed by atoms with van der Waals surface area (Å²) in [5.74, 6) is 0.546. The fourth-order valence-corrected chi connectivity index (χ4v) is 5.68. The van der Waals surface area contributed by atoms with E-state index in [9.17, 15) is 9.18 Å². The third kappa shape index (κ3) is 9.17. The molecule has 5 N–H and O–H groups in total. The minimum absolute atomic E-state index is 0.0240. The molecule has 0 radical (unpaired) electrons. The molecule has 3 rings (SSSR count). The van der Waals surface area contributed by atoms with Crippen LogP contribution in [0.15, 0.2) is 18.2 Å². The molecule has 0 bridgehead atoms. The summed E-state index contributed by atoms with van der Waals surface area (Å²) in [5.41, 5.74) is 0.442. The zero-order valence-electron chi connectivity index (χ0n) is 21.5. The molecule has 1 aromatic carbocycles. The normalized spacial score (nSPS) is 26.9. The molecule has 2 amide bonds. The van der Waals surface area contributed by atoms with Crippen LogP contribution in [0.3, 0.4) is 0 Å². The van der Waals surface area contributed by atoms with Crippen LogP contribution in [-0.4, -0.2) is 56.6 Å². The van der Waals surface area contributed by atoms with Gasteiger partial charge in [-0.1, -0.05) is 69.4 Å². The van der Waals surface area contributed by atoms with E-state index in [-0.39, 0.29) is 23.3 Å². The number of nitrogens with one attached hydrogen (secondary N) is 5. The highest BCUT2D eigenvalue weighted by Crippen LogP contribution is 2.32. The Kier molecular flexibility index (Phi) is 11.5. The molecule has 1 aliphatic heterocycles. The Morgan fingerprint density at radius 2 is 1.74 bits per heavy atom. The first-order valence-electron chi connectivity index (χ1n) is 13.3. The van der Waals surface area contributed by atoms with E-state index < -0.39 is 12.1 Å². The monoisotopic (exact) mass is 510 g/mol. The van der Waals surface area contributed by atoms with Crippen molar-refractivity contribution in [1.29, 1.82) is 0 Å². The second-order valence-electron chi connectivity index (χ2n) is 10.4. The van der Waals surface area contributed by atoms with Gasteiger partial charge in [-0.05, 0) is 45.1 Å². The summed E-state index contributed by atoms with van der Waals surface area (Å²) in [6, 6.07) is 3.99. The van der Waals surface area contributed by atoms with Gasteiger partial charge in [0.2, 0.25) is 0 Å². The summed E-state index contributed by atoms with van der Waals surface area (Å²) in [7, 11) is 4.16. The van der Waals surface area contributed by atoms with Crippen LogP contribution in [0.4, 0.5) is 14.9 Å². The highest BCUT2D eigenvalue weighted by atomic mass is 35.5. The van der Waals surface area contributed by atoms with Gasteiger partial charge in [-0.15, -0.1) is 0 Å².